The van der Waals surface area contributed by atoms with Crippen LogP contribution in [0.25, 0.3) is 33.8 Å². The summed E-state index contributed by atoms with van der Waals surface area (Å²) in [6.07, 6.45) is 6.59. The molecule has 6 N–H and O–H groups in total. The van der Waals surface area contributed by atoms with Crippen molar-refractivity contribution in [2.45, 2.75) is 174 Å². The van der Waals surface area contributed by atoms with Crippen LogP contribution < -0.4 is 46.6 Å². The van der Waals surface area contributed by atoms with E-state index in [4.69, 9.17) is 29.2 Å². The van der Waals surface area contributed by atoms with Crippen molar-refractivity contribution in [1.29, 1.82) is 0 Å². The Hall–Kier alpha value is -9.03. The predicted molar refractivity (Wildman–Crippen MR) is 421 cm³/mol. The minimum absolute atomic E-state index is 0.0908. The van der Waals surface area contributed by atoms with E-state index in [0.717, 1.165) is 111 Å². The number of aromatic nitrogens is 6. The predicted octanol–water partition coefficient (Wildman–Crippen LogP) is 15.5. The van der Waals surface area contributed by atoms with Crippen molar-refractivity contribution in [3.8, 4) is 33.8 Å². The average Bonchev–Trinajstić information content (AvgIpc) is 1.14. The number of amides is 6. The van der Waals surface area contributed by atoms with Crippen molar-refractivity contribution in [3.63, 3.8) is 0 Å². The van der Waals surface area contributed by atoms with Crippen LogP contribution in [0.2, 0.25) is 0 Å². The molecule has 3 aromatic carbocycles. The number of nitrogens with one attached hydrogen (secondary N) is 6. The molecular formula is C81H108F6N18O6. The topological polar surface area (TPSA) is 248 Å². The van der Waals surface area contributed by atoms with Crippen LogP contribution in [0.1, 0.15) is 134 Å². The van der Waals surface area contributed by atoms with E-state index in [-0.39, 0.29) is 74.7 Å². The second-order valence-electron chi connectivity index (χ2n) is 31.3. The van der Waals surface area contributed by atoms with Gasteiger partial charge in [-0.15, -0.1) is 0 Å². The van der Waals surface area contributed by atoms with E-state index >= 15 is 0 Å². The molecule has 6 saturated heterocycles. The first-order valence-electron chi connectivity index (χ1n) is 40.0. The normalized spacial score (nSPS) is 23.4. The number of ether oxygens (including phenoxy) is 3. The highest BCUT2D eigenvalue weighted by atomic mass is 19.3. The number of carbonyl (C=O) groups excluding carboxylic acids is 3. The highest BCUT2D eigenvalue weighted by Crippen LogP contribution is 2.41. The summed E-state index contributed by atoms with van der Waals surface area (Å²) >= 11 is 0. The van der Waals surface area contributed by atoms with Crippen LogP contribution in [0.15, 0.2) is 72.8 Å². The molecule has 6 atom stereocenters. The zero-order chi connectivity index (χ0) is 78.0. The third-order valence-corrected chi connectivity index (χ3v) is 23.0. The summed E-state index contributed by atoms with van der Waals surface area (Å²) in [5.74, 6) is -3.01. The van der Waals surface area contributed by atoms with Gasteiger partial charge in [0.15, 0.2) is 0 Å². The molecule has 3 aliphatic carbocycles. The number of morpholine rings is 3. The van der Waals surface area contributed by atoms with Crippen LogP contribution in [0, 0.1) is 38.5 Å². The number of anilines is 9. The number of aryl methyl sites for hydroxylation is 3. The quantitative estimate of drug-likeness (QED) is 0.0438. The van der Waals surface area contributed by atoms with Gasteiger partial charge in [-0.05, 0) is 130 Å². The summed E-state index contributed by atoms with van der Waals surface area (Å²) < 4.78 is 99.5. The Morgan fingerprint density at radius 3 is 0.892 bits per heavy atom. The molecule has 600 valence electrons. The van der Waals surface area contributed by atoms with Gasteiger partial charge in [-0.2, -0.15) is 15.0 Å². The second-order valence-corrected chi connectivity index (χ2v) is 31.3. The Kier molecular flexibility index (Phi) is 25.8. The number of benzene rings is 3. The lowest BCUT2D eigenvalue weighted by Crippen LogP contribution is -2.37. The van der Waals surface area contributed by atoms with E-state index in [1.54, 1.807) is 0 Å². The number of nitrogens with zero attached hydrogens (tertiary/aromatic N) is 12. The summed E-state index contributed by atoms with van der Waals surface area (Å²) in [6.45, 7) is 24.6. The average molecular weight is 1540 g/mol. The molecule has 24 nitrogen and oxygen atoms in total. The maximum Gasteiger partial charge on any atom is 0.321 e. The number of hydrogen-bond donors (Lipinski definition) is 6. The number of carbonyl (C=O) groups is 3. The molecule has 111 heavy (non-hydrogen) atoms. The van der Waals surface area contributed by atoms with E-state index in [9.17, 15) is 40.7 Å². The lowest BCUT2D eigenvalue weighted by molar-refractivity contribution is 0.00779. The molecule has 3 saturated carbocycles. The summed E-state index contributed by atoms with van der Waals surface area (Å²) in [4.78, 5) is 79.0. The van der Waals surface area contributed by atoms with Crippen molar-refractivity contribution in [2.75, 3.05) is 165 Å². The standard InChI is InChI=1S/3C27H36F2N6O2/c3*1-3-19-7-9-35(17-19)26(36)31-20-5-4-18(2)22(14-20)23-15-24(30-21-6-8-27(28,29)16-21)33-25(32-23)34-10-12-37-13-11-34/h3*4-5,14-15,19,21H,3,6-13,16-17H2,1-2H3,(H,31,36)(H,30,32,33)/t19-,21?;19-,21+;19-,21-/m111/s1. The number of halogens is 6. The van der Waals surface area contributed by atoms with E-state index in [2.05, 4.69) is 82.3 Å². The Balaban J connectivity index is 0.000000146. The smallest absolute Gasteiger partial charge is 0.321 e. The van der Waals surface area contributed by atoms with Crippen LogP contribution in [-0.2, 0) is 14.2 Å². The minimum atomic E-state index is -2.64. The van der Waals surface area contributed by atoms with Crippen LogP contribution in [0.3, 0.4) is 0 Å². The largest absolute Gasteiger partial charge is 0.378 e. The van der Waals surface area contributed by atoms with Crippen molar-refractivity contribution in [2.24, 2.45) is 17.8 Å². The zero-order valence-corrected chi connectivity index (χ0v) is 64.8. The van der Waals surface area contributed by atoms with Crippen molar-refractivity contribution < 1.29 is 54.9 Å². The highest BCUT2D eigenvalue weighted by molar-refractivity contribution is 5.92. The summed E-state index contributed by atoms with van der Waals surface area (Å²) in [5.41, 5.74) is 9.72. The van der Waals surface area contributed by atoms with Gasteiger partial charge in [0.25, 0.3) is 0 Å². The summed E-state index contributed by atoms with van der Waals surface area (Å²) in [6, 6.07) is 21.5. The first-order valence-corrected chi connectivity index (χ1v) is 40.0. The number of urea groups is 3. The van der Waals surface area contributed by atoms with E-state index in [1.807, 2.05) is 108 Å². The molecule has 6 amide bonds. The first-order chi connectivity index (χ1) is 53.4. The maximum atomic E-state index is 13.8. The number of hydrogen-bond acceptors (Lipinski definition) is 18. The molecule has 9 heterocycles. The number of alkyl halides is 6. The molecule has 0 spiro atoms. The molecule has 9 fully saturated rings. The zero-order valence-electron chi connectivity index (χ0n) is 64.8. The van der Waals surface area contributed by atoms with Gasteiger partial charge in [0.1, 0.15) is 17.5 Å². The van der Waals surface area contributed by atoms with Crippen molar-refractivity contribution in [3.05, 3.63) is 89.5 Å². The van der Waals surface area contributed by atoms with Crippen LogP contribution in [-0.4, -0.2) is 217 Å². The third-order valence-electron chi connectivity index (χ3n) is 23.0. The van der Waals surface area contributed by atoms with Crippen LogP contribution in [0.4, 0.5) is 93.1 Å². The molecule has 3 aromatic heterocycles. The summed E-state index contributed by atoms with van der Waals surface area (Å²) in [7, 11) is 0. The fourth-order valence-electron chi connectivity index (χ4n) is 16.1. The van der Waals surface area contributed by atoms with Gasteiger partial charge in [-0.3, -0.25) is 0 Å². The molecule has 30 heteroatoms. The molecule has 6 aromatic rings. The Bertz CT molecular complexity index is 3790. The lowest BCUT2D eigenvalue weighted by atomic mass is 10.0. The molecular weight excluding hydrogens is 1430 g/mol. The van der Waals surface area contributed by atoms with Crippen LogP contribution >= 0.6 is 0 Å². The van der Waals surface area contributed by atoms with Gasteiger partial charge >= 0.3 is 18.1 Å². The molecule has 15 rings (SSSR count). The highest BCUT2D eigenvalue weighted by Gasteiger charge is 2.42. The fourth-order valence-corrected chi connectivity index (χ4v) is 16.1. The van der Waals surface area contributed by atoms with Gasteiger partial charge in [-0.1, -0.05) is 58.2 Å². The van der Waals surface area contributed by atoms with Gasteiger partial charge in [0, 0.05) is 187 Å². The molecule has 9 aliphatic rings. The van der Waals surface area contributed by atoms with Crippen LogP contribution in [0.5, 0.6) is 0 Å². The van der Waals surface area contributed by atoms with Gasteiger partial charge in [0.2, 0.25) is 35.6 Å². The Morgan fingerprint density at radius 2 is 0.658 bits per heavy atom. The van der Waals surface area contributed by atoms with E-state index in [1.165, 1.54) is 0 Å². The SMILES string of the molecule is CC[C@@H]1CCN(C(=O)Nc2ccc(C)c(-c3cc(NC4CCC(F)(F)C4)nc(N4CCOCC4)n3)c2)C1.CC[C@@H]1CCN(C(=O)Nc2ccc(C)c(-c3cc(N[C@@H]4CCC(F)(F)C4)nc(N4CCOCC4)n3)c2)C1.CC[C@@H]1CCN(C(=O)Nc2ccc(C)c(-c3cc(N[C@H]4CCC(F)(F)C4)nc(N4CCOCC4)n3)c2)C1. The van der Waals surface area contributed by atoms with Gasteiger partial charge in [0.05, 0.1) is 56.7 Å². The van der Waals surface area contributed by atoms with Gasteiger partial charge in [-0.25, -0.2) is 55.7 Å². The molecule has 6 aliphatic heterocycles. The van der Waals surface area contributed by atoms with Crippen molar-refractivity contribution >= 4 is 70.5 Å². The molecule has 0 radical (unpaired) electrons. The van der Waals surface area contributed by atoms with E-state index < -0.39 is 17.8 Å². The summed E-state index contributed by atoms with van der Waals surface area (Å²) in [5, 5.41) is 18.8. The lowest BCUT2D eigenvalue weighted by Gasteiger charge is -2.28. The first kappa shape index (κ1) is 80.0. The molecule has 0 bridgehead atoms. The third kappa shape index (κ3) is 21.2. The van der Waals surface area contributed by atoms with Crippen molar-refractivity contribution in [1.82, 2.24) is 44.6 Å². The van der Waals surface area contributed by atoms with Gasteiger partial charge < -0.3 is 75.5 Å². The second kappa shape index (κ2) is 35.8. The fraction of sp³-hybridized carbons (Fsp3) is 0.593. The maximum absolute atomic E-state index is 13.8. The Labute approximate surface area is 646 Å². The Morgan fingerprint density at radius 1 is 0.387 bits per heavy atom. The minimum Gasteiger partial charge on any atom is -0.378 e. The monoisotopic (exact) mass is 1540 g/mol. The molecule has 1 unspecified atom stereocenters. The number of likely N-dealkylation sites (tertiary alicyclic amines) is 3. The van der Waals surface area contributed by atoms with E-state index in [0.29, 0.717) is 185 Å². The number of rotatable bonds is 18.